The van der Waals surface area contributed by atoms with E-state index in [4.69, 9.17) is 9.72 Å². The molecule has 1 fully saturated rings. The zero-order chi connectivity index (χ0) is 21.8. The minimum absolute atomic E-state index is 0.0233. The highest BCUT2D eigenvalue weighted by atomic mass is 32.2. The Morgan fingerprint density at radius 3 is 2.61 bits per heavy atom. The van der Waals surface area contributed by atoms with E-state index in [1.54, 1.807) is 25.4 Å². The lowest BCUT2D eigenvalue weighted by Crippen LogP contribution is -2.42. The van der Waals surface area contributed by atoms with E-state index in [1.165, 1.54) is 12.1 Å². The fourth-order valence-corrected chi connectivity index (χ4v) is 6.00. The quantitative estimate of drug-likeness (QED) is 0.477. The van der Waals surface area contributed by atoms with Gasteiger partial charge in [-0.3, -0.25) is 5.10 Å². The van der Waals surface area contributed by atoms with Gasteiger partial charge in [-0.15, -0.1) is 0 Å². The third-order valence-corrected chi connectivity index (χ3v) is 8.02. The number of nitrogens with zero attached hydrogens (tertiary/aromatic N) is 3. The molecule has 8 heteroatoms. The molecule has 3 heterocycles. The predicted octanol–water partition coefficient (Wildman–Crippen LogP) is 5.17. The second-order valence-electron chi connectivity index (χ2n) is 8.27. The lowest BCUT2D eigenvalue weighted by molar-refractivity contribution is 0.129. The topological polar surface area (TPSA) is 80.2 Å². The van der Waals surface area contributed by atoms with Crippen molar-refractivity contribution in [1.29, 1.82) is 0 Å². The smallest absolute Gasteiger partial charge is 0.169 e. The van der Waals surface area contributed by atoms with Gasteiger partial charge >= 0.3 is 0 Å². The number of pyridine rings is 1. The Balaban J connectivity index is 1.85. The van der Waals surface area contributed by atoms with Crippen LogP contribution in [0.25, 0.3) is 32.8 Å². The summed E-state index contributed by atoms with van der Waals surface area (Å²) in [4.78, 5) is 4.89. The average molecular weight is 439 g/mol. The van der Waals surface area contributed by atoms with Gasteiger partial charge in [-0.1, -0.05) is 26.0 Å². The molecule has 6 nitrogen and oxygen atoms in total. The zero-order valence-corrected chi connectivity index (χ0v) is 18.4. The van der Waals surface area contributed by atoms with Crippen molar-refractivity contribution in [1.82, 2.24) is 15.2 Å². The van der Waals surface area contributed by atoms with Crippen molar-refractivity contribution in [3.8, 4) is 11.1 Å². The second kappa shape index (κ2) is 7.39. The van der Waals surface area contributed by atoms with Gasteiger partial charge in [0, 0.05) is 23.4 Å². The summed E-state index contributed by atoms with van der Waals surface area (Å²) >= 11 is 0. The highest BCUT2D eigenvalue weighted by Crippen LogP contribution is 2.41. The van der Waals surface area contributed by atoms with E-state index < -0.39 is 9.73 Å². The molecule has 0 atom stereocenters. The van der Waals surface area contributed by atoms with E-state index in [-0.39, 0.29) is 17.8 Å². The Morgan fingerprint density at radius 1 is 1.19 bits per heavy atom. The SMILES string of the molecule is COC1CS(=O)(=Nc2nc(C(C)C)c(-c3ccc(F)cc3)c3cc4cn[nH]c4cc23)C1. The van der Waals surface area contributed by atoms with Crippen LogP contribution in [0.4, 0.5) is 10.2 Å². The maximum absolute atomic E-state index is 13.6. The maximum Gasteiger partial charge on any atom is 0.169 e. The first-order chi connectivity index (χ1) is 14.9. The summed E-state index contributed by atoms with van der Waals surface area (Å²) in [5.74, 6) is 1.10. The van der Waals surface area contributed by atoms with Crippen LogP contribution in [0.1, 0.15) is 25.5 Å². The number of rotatable bonds is 4. The number of H-pyrrole nitrogens is 1. The van der Waals surface area contributed by atoms with Crippen molar-refractivity contribution >= 4 is 37.2 Å². The van der Waals surface area contributed by atoms with Gasteiger partial charge in [0.05, 0.1) is 44.7 Å². The molecule has 1 aliphatic heterocycles. The van der Waals surface area contributed by atoms with E-state index >= 15 is 0 Å². The van der Waals surface area contributed by atoms with Crippen molar-refractivity contribution < 1.29 is 13.3 Å². The van der Waals surface area contributed by atoms with Gasteiger partial charge in [0.15, 0.2) is 5.82 Å². The van der Waals surface area contributed by atoms with Gasteiger partial charge in [0.1, 0.15) is 5.82 Å². The Bertz CT molecular complexity index is 1410. The van der Waals surface area contributed by atoms with Crippen LogP contribution in [0.3, 0.4) is 0 Å². The summed E-state index contributed by atoms with van der Waals surface area (Å²) in [6.45, 7) is 4.12. The number of methoxy groups -OCH3 is 1. The van der Waals surface area contributed by atoms with Gasteiger partial charge in [-0.25, -0.2) is 13.6 Å². The van der Waals surface area contributed by atoms with Gasteiger partial charge in [-0.05, 0) is 41.1 Å². The molecule has 5 rings (SSSR count). The van der Waals surface area contributed by atoms with Crippen molar-refractivity contribution in [2.24, 2.45) is 4.36 Å². The van der Waals surface area contributed by atoms with Crippen LogP contribution in [-0.4, -0.2) is 44.1 Å². The Morgan fingerprint density at radius 2 is 1.94 bits per heavy atom. The Hall–Kier alpha value is -2.84. The number of ether oxygens (including phenoxy) is 1. The molecule has 0 bridgehead atoms. The van der Waals surface area contributed by atoms with E-state index in [9.17, 15) is 8.60 Å². The van der Waals surface area contributed by atoms with Crippen molar-refractivity contribution in [3.05, 3.63) is 54.1 Å². The number of halogens is 1. The predicted molar refractivity (Wildman–Crippen MR) is 122 cm³/mol. The highest BCUT2D eigenvalue weighted by Gasteiger charge is 2.32. The molecule has 1 saturated heterocycles. The Labute approximate surface area is 180 Å². The molecule has 0 unspecified atom stereocenters. The van der Waals surface area contributed by atoms with E-state index in [0.717, 1.165) is 38.5 Å². The minimum Gasteiger partial charge on any atom is -0.379 e. The molecule has 31 heavy (non-hydrogen) atoms. The maximum atomic E-state index is 13.6. The van der Waals surface area contributed by atoms with Crippen molar-refractivity contribution in [3.63, 3.8) is 0 Å². The Kier molecular flexibility index (Phi) is 4.79. The second-order valence-corrected chi connectivity index (χ2v) is 10.7. The van der Waals surface area contributed by atoms with Crippen molar-refractivity contribution in [2.75, 3.05) is 18.6 Å². The summed E-state index contributed by atoms with van der Waals surface area (Å²) in [7, 11) is -0.772. The van der Waals surface area contributed by atoms with Gasteiger partial charge < -0.3 is 4.74 Å². The lowest BCUT2D eigenvalue weighted by atomic mass is 9.92. The van der Waals surface area contributed by atoms with Crippen LogP contribution < -0.4 is 0 Å². The summed E-state index contributed by atoms with van der Waals surface area (Å²) in [6, 6.07) is 10.4. The molecule has 160 valence electrons. The third kappa shape index (κ3) is 3.49. The fraction of sp³-hybridized carbons (Fsp3) is 0.304. The number of aromatic nitrogens is 3. The first-order valence-corrected chi connectivity index (χ1v) is 12.0. The number of aromatic amines is 1. The molecular formula is C23H23FN4O2S. The fourth-order valence-electron chi connectivity index (χ4n) is 4.06. The standard InChI is InChI=1S/C23H23FN4O2S/c1-13(2)22-21(14-4-6-16(24)7-5-14)18-8-15-10-25-27-20(15)9-19(18)23(26-22)28-31(29)11-17(12-31)30-3/h4-10,13,17H,11-12H2,1-3H3,(H,25,27). The summed E-state index contributed by atoms with van der Waals surface area (Å²) in [5, 5.41) is 9.82. The number of hydrogen-bond donors (Lipinski definition) is 1. The van der Waals surface area contributed by atoms with Gasteiger partial charge in [-0.2, -0.15) is 9.46 Å². The molecule has 0 spiro atoms. The minimum atomic E-state index is -2.40. The summed E-state index contributed by atoms with van der Waals surface area (Å²) < 4.78 is 36.7. The zero-order valence-electron chi connectivity index (χ0n) is 17.6. The van der Waals surface area contributed by atoms with Crippen LogP contribution >= 0.6 is 0 Å². The molecule has 0 saturated carbocycles. The molecule has 1 N–H and O–H groups in total. The molecule has 0 radical (unpaired) electrons. The third-order valence-electron chi connectivity index (χ3n) is 5.73. The summed E-state index contributed by atoms with van der Waals surface area (Å²) in [5.41, 5.74) is 3.51. The average Bonchev–Trinajstić information content (AvgIpc) is 3.18. The van der Waals surface area contributed by atoms with Crippen LogP contribution in [0, 0.1) is 5.82 Å². The van der Waals surface area contributed by atoms with Crippen molar-refractivity contribution in [2.45, 2.75) is 25.9 Å². The van der Waals surface area contributed by atoms with Crippen LogP contribution in [0.5, 0.6) is 0 Å². The van der Waals surface area contributed by atoms with E-state index in [1.807, 2.05) is 12.1 Å². The molecule has 2 aromatic carbocycles. The first-order valence-electron chi connectivity index (χ1n) is 10.2. The first kappa shape index (κ1) is 20.1. The van der Waals surface area contributed by atoms with Gasteiger partial charge in [0.25, 0.3) is 0 Å². The highest BCUT2D eigenvalue weighted by molar-refractivity contribution is 7.95. The number of hydrogen-bond acceptors (Lipinski definition) is 5. The molecule has 1 aliphatic rings. The van der Waals surface area contributed by atoms with Gasteiger partial charge in [0.2, 0.25) is 0 Å². The summed E-state index contributed by atoms with van der Waals surface area (Å²) in [6.07, 6.45) is 1.75. The van der Waals surface area contributed by atoms with E-state index in [0.29, 0.717) is 17.3 Å². The number of nitrogens with one attached hydrogen (secondary N) is 1. The molecule has 0 aliphatic carbocycles. The molecule has 2 aromatic heterocycles. The normalized spacial score (nSPS) is 21.0. The van der Waals surface area contributed by atoms with Crippen LogP contribution in [0.15, 0.2) is 47.0 Å². The monoisotopic (exact) mass is 438 g/mol. The van der Waals surface area contributed by atoms with Crippen LogP contribution in [0.2, 0.25) is 0 Å². The molecular weight excluding hydrogens is 415 g/mol. The molecule has 0 amide bonds. The lowest BCUT2D eigenvalue weighted by Gasteiger charge is -2.28. The number of fused-ring (bicyclic) bond motifs is 2. The van der Waals surface area contributed by atoms with E-state index in [2.05, 4.69) is 28.4 Å². The number of benzene rings is 2. The molecule has 4 aromatic rings. The largest absolute Gasteiger partial charge is 0.379 e. The van der Waals surface area contributed by atoms with Crippen LogP contribution in [-0.2, 0) is 14.5 Å².